The molecule has 1 saturated heterocycles. The first-order valence-electron chi connectivity index (χ1n) is 5.95. The Morgan fingerprint density at radius 1 is 1.38 bits per heavy atom. The molecule has 1 aromatic rings. The zero-order valence-electron chi connectivity index (χ0n) is 9.78. The van der Waals surface area contributed by atoms with Gasteiger partial charge in [-0.1, -0.05) is 13.0 Å². The Bertz CT molecular complexity index is 324. The molecule has 4 nitrogen and oxygen atoms in total. The van der Waals surface area contributed by atoms with Crippen LogP contribution in [-0.4, -0.2) is 37.8 Å². The largest absolute Gasteiger partial charge is 0.478 e. The highest BCUT2D eigenvalue weighted by atomic mass is 16.5. The van der Waals surface area contributed by atoms with Crippen LogP contribution in [0.5, 0.6) is 5.88 Å². The van der Waals surface area contributed by atoms with E-state index in [-0.39, 0.29) is 0 Å². The number of ether oxygens (including phenoxy) is 1. The number of aromatic nitrogens is 1. The summed E-state index contributed by atoms with van der Waals surface area (Å²) in [5, 5.41) is 3.33. The second-order valence-corrected chi connectivity index (χ2v) is 3.92. The first kappa shape index (κ1) is 11.2. The average molecular weight is 221 g/mol. The molecule has 16 heavy (non-hydrogen) atoms. The third-order valence-electron chi connectivity index (χ3n) is 2.60. The summed E-state index contributed by atoms with van der Waals surface area (Å²) in [5.41, 5.74) is 0. The normalized spacial score (nSPS) is 16.2. The SMILES string of the molecule is CCCOc1cccc(N2CCNCC2)n1. The van der Waals surface area contributed by atoms with E-state index < -0.39 is 0 Å². The monoisotopic (exact) mass is 221 g/mol. The van der Waals surface area contributed by atoms with E-state index in [1.165, 1.54) is 0 Å². The van der Waals surface area contributed by atoms with E-state index in [1.807, 2.05) is 18.2 Å². The Hall–Kier alpha value is -1.29. The second-order valence-electron chi connectivity index (χ2n) is 3.92. The van der Waals surface area contributed by atoms with Crippen LogP contribution in [0.1, 0.15) is 13.3 Å². The quantitative estimate of drug-likeness (QED) is 0.831. The molecule has 0 saturated carbocycles. The van der Waals surface area contributed by atoms with Crippen LogP contribution in [0.2, 0.25) is 0 Å². The predicted octanol–water partition coefficient (Wildman–Crippen LogP) is 1.28. The van der Waals surface area contributed by atoms with Gasteiger partial charge in [-0.2, -0.15) is 4.98 Å². The summed E-state index contributed by atoms with van der Waals surface area (Å²) in [6, 6.07) is 5.97. The molecule has 0 aromatic carbocycles. The van der Waals surface area contributed by atoms with E-state index in [2.05, 4.69) is 22.1 Å². The van der Waals surface area contributed by atoms with Gasteiger partial charge in [0.05, 0.1) is 6.61 Å². The maximum Gasteiger partial charge on any atom is 0.215 e. The summed E-state index contributed by atoms with van der Waals surface area (Å²) in [6.07, 6.45) is 1.01. The molecule has 0 unspecified atom stereocenters. The smallest absolute Gasteiger partial charge is 0.215 e. The van der Waals surface area contributed by atoms with Gasteiger partial charge in [-0.25, -0.2) is 0 Å². The van der Waals surface area contributed by atoms with Crippen molar-refractivity contribution in [2.45, 2.75) is 13.3 Å². The van der Waals surface area contributed by atoms with Crippen molar-refractivity contribution in [3.05, 3.63) is 18.2 Å². The maximum atomic E-state index is 5.53. The van der Waals surface area contributed by atoms with Crippen molar-refractivity contribution in [2.75, 3.05) is 37.7 Å². The Labute approximate surface area is 96.6 Å². The van der Waals surface area contributed by atoms with Gasteiger partial charge in [-0.15, -0.1) is 0 Å². The van der Waals surface area contributed by atoms with E-state index in [4.69, 9.17) is 4.74 Å². The number of nitrogens with one attached hydrogen (secondary N) is 1. The van der Waals surface area contributed by atoms with Crippen molar-refractivity contribution >= 4 is 5.82 Å². The molecular weight excluding hydrogens is 202 g/mol. The molecule has 1 aromatic heterocycles. The van der Waals surface area contributed by atoms with Gasteiger partial charge in [-0.3, -0.25) is 0 Å². The molecule has 1 fully saturated rings. The van der Waals surface area contributed by atoms with Crippen LogP contribution in [0, 0.1) is 0 Å². The van der Waals surface area contributed by atoms with E-state index in [0.29, 0.717) is 0 Å². The number of nitrogens with zero attached hydrogens (tertiary/aromatic N) is 2. The number of rotatable bonds is 4. The topological polar surface area (TPSA) is 37.4 Å². The molecule has 2 heterocycles. The van der Waals surface area contributed by atoms with Crippen LogP contribution in [0.4, 0.5) is 5.82 Å². The van der Waals surface area contributed by atoms with E-state index in [1.54, 1.807) is 0 Å². The lowest BCUT2D eigenvalue weighted by atomic mass is 10.3. The van der Waals surface area contributed by atoms with Gasteiger partial charge in [0.15, 0.2) is 0 Å². The lowest BCUT2D eigenvalue weighted by molar-refractivity contribution is 0.305. The van der Waals surface area contributed by atoms with Gasteiger partial charge in [0.2, 0.25) is 5.88 Å². The molecule has 1 N–H and O–H groups in total. The fraction of sp³-hybridized carbons (Fsp3) is 0.583. The number of hydrogen-bond donors (Lipinski definition) is 1. The lowest BCUT2D eigenvalue weighted by Gasteiger charge is -2.28. The summed E-state index contributed by atoms with van der Waals surface area (Å²) in [5.74, 6) is 1.76. The standard InChI is InChI=1S/C12H19N3O/c1-2-10-16-12-5-3-4-11(14-12)15-8-6-13-7-9-15/h3-5,13H,2,6-10H2,1H3. The fourth-order valence-corrected chi connectivity index (χ4v) is 1.76. The summed E-state index contributed by atoms with van der Waals surface area (Å²) in [7, 11) is 0. The molecular formula is C12H19N3O. The molecule has 1 aliphatic rings. The molecule has 1 aliphatic heterocycles. The number of pyridine rings is 1. The number of anilines is 1. The molecule has 88 valence electrons. The highest BCUT2D eigenvalue weighted by Gasteiger charge is 2.11. The lowest BCUT2D eigenvalue weighted by Crippen LogP contribution is -2.43. The average Bonchev–Trinajstić information content (AvgIpc) is 2.38. The molecule has 0 atom stereocenters. The molecule has 2 rings (SSSR count). The van der Waals surface area contributed by atoms with Crippen molar-refractivity contribution in [1.29, 1.82) is 0 Å². The molecule has 0 amide bonds. The molecule has 0 spiro atoms. The number of hydrogen-bond acceptors (Lipinski definition) is 4. The minimum atomic E-state index is 0.734. The van der Waals surface area contributed by atoms with Crippen molar-refractivity contribution in [3.8, 4) is 5.88 Å². The Balaban J connectivity index is 2.02. The Kier molecular flexibility index (Phi) is 3.99. The minimum absolute atomic E-state index is 0.734. The van der Waals surface area contributed by atoms with E-state index >= 15 is 0 Å². The summed E-state index contributed by atoms with van der Waals surface area (Å²) in [4.78, 5) is 6.80. The third kappa shape index (κ3) is 2.85. The first-order valence-corrected chi connectivity index (χ1v) is 5.95. The van der Waals surface area contributed by atoms with Crippen molar-refractivity contribution in [3.63, 3.8) is 0 Å². The van der Waals surface area contributed by atoms with Crippen molar-refractivity contribution < 1.29 is 4.74 Å². The van der Waals surface area contributed by atoms with E-state index in [0.717, 1.165) is 50.9 Å². The van der Waals surface area contributed by atoms with Crippen LogP contribution in [-0.2, 0) is 0 Å². The molecule has 0 aliphatic carbocycles. The Morgan fingerprint density at radius 2 is 2.19 bits per heavy atom. The molecule has 0 bridgehead atoms. The van der Waals surface area contributed by atoms with Gasteiger partial charge in [0, 0.05) is 32.2 Å². The van der Waals surface area contributed by atoms with Gasteiger partial charge < -0.3 is 15.0 Å². The van der Waals surface area contributed by atoms with Crippen molar-refractivity contribution in [2.24, 2.45) is 0 Å². The molecule has 0 radical (unpaired) electrons. The fourth-order valence-electron chi connectivity index (χ4n) is 1.76. The zero-order valence-corrected chi connectivity index (χ0v) is 9.78. The number of piperazine rings is 1. The predicted molar refractivity (Wildman–Crippen MR) is 65.1 cm³/mol. The van der Waals surface area contributed by atoms with Gasteiger partial charge in [0.1, 0.15) is 5.82 Å². The second kappa shape index (κ2) is 5.70. The summed E-state index contributed by atoms with van der Waals surface area (Å²) < 4.78 is 5.53. The summed E-state index contributed by atoms with van der Waals surface area (Å²) >= 11 is 0. The van der Waals surface area contributed by atoms with Gasteiger partial charge in [0.25, 0.3) is 0 Å². The minimum Gasteiger partial charge on any atom is -0.478 e. The van der Waals surface area contributed by atoms with E-state index in [9.17, 15) is 0 Å². The van der Waals surface area contributed by atoms with Crippen LogP contribution in [0.25, 0.3) is 0 Å². The van der Waals surface area contributed by atoms with Gasteiger partial charge in [-0.05, 0) is 12.5 Å². The van der Waals surface area contributed by atoms with Crippen LogP contribution >= 0.6 is 0 Å². The maximum absolute atomic E-state index is 5.53. The van der Waals surface area contributed by atoms with Crippen LogP contribution in [0.15, 0.2) is 18.2 Å². The van der Waals surface area contributed by atoms with Crippen LogP contribution in [0.3, 0.4) is 0 Å². The van der Waals surface area contributed by atoms with Gasteiger partial charge >= 0.3 is 0 Å². The third-order valence-corrected chi connectivity index (χ3v) is 2.60. The highest BCUT2D eigenvalue weighted by molar-refractivity contribution is 5.41. The first-order chi connectivity index (χ1) is 7.90. The molecule has 4 heteroatoms. The zero-order chi connectivity index (χ0) is 11.2. The summed E-state index contributed by atoms with van der Waals surface area (Å²) in [6.45, 7) is 6.93. The highest BCUT2D eigenvalue weighted by Crippen LogP contribution is 2.16. The van der Waals surface area contributed by atoms with Crippen molar-refractivity contribution in [1.82, 2.24) is 10.3 Å². The Morgan fingerprint density at radius 3 is 2.94 bits per heavy atom. The van der Waals surface area contributed by atoms with Crippen LogP contribution < -0.4 is 15.0 Å².